The summed E-state index contributed by atoms with van der Waals surface area (Å²) >= 11 is 0. The molecule has 20 heavy (non-hydrogen) atoms. The molecular formula is C15H15NO4. The summed E-state index contributed by atoms with van der Waals surface area (Å²) in [5.74, 6) is 1.39. The Kier molecular flexibility index (Phi) is 3.33. The molecule has 5 nitrogen and oxygen atoms in total. The number of aryl methyl sites for hydroxylation is 1. The molecule has 5 heteroatoms. The second-order valence-electron chi connectivity index (χ2n) is 4.60. The fraction of sp³-hybridized carbons (Fsp3) is 0.267. The maximum atomic E-state index is 12.1. The average molecular weight is 273 g/mol. The molecule has 104 valence electrons. The molecule has 1 aliphatic heterocycles. The van der Waals surface area contributed by atoms with E-state index in [-0.39, 0.29) is 5.91 Å². The van der Waals surface area contributed by atoms with Gasteiger partial charge in [0.1, 0.15) is 0 Å². The van der Waals surface area contributed by atoms with E-state index in [9.17, 15) is 4.79 Å². The zero-order chi connectivity index (χ0) is 13.9. The lowest BCUT2D eigenvalue weighted by Crippen LogP contribution is -2.12. The van der Waals surface area contributed by atoms with E-state index < -0.39 is 0 Å². The smallest absolute Gasteiger partial charge is 0.291 e. The molecule has 1 aromatic heterocycles. The monoisotopic (exact) mass is 273 g/mol. The largest absolute Gasteiger partial charge is 0.490 e. The van der Waals surface area contributed by atoms with E-state index >= 15 is 0 Å². The first kappa shape index (κ1) is 12.6. The molecule has 1 aliphatic rings. The Bertz CT molecular complexity index is 633. The van der Waals surface area contributed by atoms with E-state index in [0.29, 0.717) is 36.2 Å². The van der Waals surface area contributed by atoms with Crippen LogP contribution in [0.3, 0.4) is 0 Å². The third kappa shape index (κ3) is 2.47. The Morgan fingerprint density at radius 3 is 2.70 bits per heavy atom. The number of hydrogen-bond acceptors (Lipinski definition) is 4. The first-order valence-corrected chi connectivity index (χ1v) is 6.49. The lowest BCUT2D eigenvalue weighted by atomic mass is 10.2. The molecule has 2 heterocycles. The van der Waals surface area contributed by atoms with Gasteiger partial charge in [0.15, 0.2) is 17.3 Å². The summed E-state index contributed by atoms with van der Waals surface area (Å²) in [7, 11) is 0. The van der Waals surface area contributed by atoms with Crippen molar-refractivity contribution in [3.63, 3.8) is 0 Å². The van der Waals surface area contributed by atoms with E-state index in [1.165, 1.54) is 6.26 Å². The molecule has 0 radical (unpaired) electrons. The van der Waals surface area contributed by atoms with Crippen molar-refractivity contribution < 1.29 is 18.7 Å². The summed E-state index contributed by atoms with van der Waals surface area (Å²) < 4.78 is 16.3. The molecule has 0 spiro atoms. The van der Waals surface area contributed by atoms with Crippen molar-refractivity contribution in [3.8, 4) is 11.5 Å². The molecule has 0 atom stereocenters. The summed E-state index contributed by atoms with van der Waals surface area (Å²) in [6.07, 6.45) is 2.35. The number of benzene rings is 1. The number of anilines is 1. The van der Waals surface area contributed by atoms with Gasteiger partial charge >= 0.3 is 0 Å². The van der Waals surface area contributed by atoms with E-state index in [2.05, 4.69) is 5.32 Å². The van der Waals surface area contributed by atoms with Crippen LogP contribution < -0.4 is 14.8 Å². The van der Waals surface area contributed by atoms with E-state index in [1.807, 2.05) is 6.92 Å². The highest BCUT2D eigenvalue weighted by Crippen LogP contribution is 2.32. The number of amides is 1. The van der Waals surface area contributed by atoms with Crippen molar-refractivity contribution in [2.24, 2.45) is 0 Å². The van der Waals surface area contributed by atoms with Crippen molar-refractivity contribution in [2.45, 2.75) is 13.3 Å². The minimum absolute atomic E-state index is 0.276. The quantitative estimate of drug-likeness (QED) is 0.913. The number of carbonyl (C=O) groups excluding carboxylic acids is 1. The zero-order valence-electron chi connectivity index (χ0n) is 11.1. The minimum Gasteiger partial charge on any atom is -0.490 e. The maximum absolute atomic E-state index is 12.1. The van der Waals surface area contributed by atoms with Crippen LogP contribution in [-0.2, 0) is 0 Å². The second-order valence-corrected chi connectivity index (χ2v) is 4.60. The normalized spacial score (nSPS) is 13.7. The number of nitrogens with one attached hydrogen (secondary N) is 1. The molecule has 1 aromatic carbocycles. The first-order valence-electron chi connectivity index (χ1n) is 6.49. The van der Waals surface area contributed by atoms with Crippen molar-refractivity contribution in [2.75, 3.05) is 18.5 Å². The third-order valence-corrected chi connectivity index (χ3v) is 3.07. The molecule has 1 amide bonds. The second kappa shape index (κ2) is 5.28. The van der Waals surface area contributed by atoms with Crippen molar-refractivity contribution in [1.82, 2.24) is 0 Å². The van der Waals surface area contributed by atoms with Crippen LogP contribution in [0.2, 0.25) is 0 Å². The molecule has 3 rings (SSSR count). The number of furan rings is 1. The van der Waals surface area contributed by atoms with Crippen LogP contribution in [0.5, 0.6) is 11.5 Å². The van der Waals surface area contributed by atoms with E-state index in [1.54, 1.807) is 24.3 Å². The summed E-state index contributed by atoms with van der Waals surface area (Å²) in [5.41, 5.74) is 1.45. The van der Waals surface area contributed by atoms with Gasteiger partial charge in [-0.2, -0.15) is 0 Å². The van der Waals surface area contributed by atoms with Crippen LogP contribution in [0.1, 0.15) is 22.5 Å². The molecular weight excluding hydrogens is 258 g/mol. The van der Waals surface area contributed by atoms with E-state index in [0.717, 1.165) is 12.0 Å². The van der Waals surface area contributed by atoms with Gasteiger partial charge in [0.2, 0.25) is 0 Å². The maximum Gasteiger partial charge on any atom is 0.291 e. The summed E-state index contributed by atoms with van der Waals surface area (Å²) in [4.78, 5) is 12.1. The predicted molar refractivity (Wildman–Crippen MR) is 73.4 cm³/mol. The van der Waals surface area contributed by atoms with Crippen LogP contribution in [0.25, 0.3) is 0 Å². The molecule has 0 saturated heterocycles. The average Bonchev–Trinajstić information content (AvgIpc) is 2.73. The number of rotatable bonds is 2. The van der Waals surface area contributed by atoms with Gasteiger partial charge in [0.25, 0.3) is 5.91 Å². The molecule has 2 aromatic rings. The van der Waals surface area contributed by atoms with Gasteiger partial charge in [-0.05, 0) is 25.1 Å². The van der Waals surface area contributed by atoms with Crippen molar-refractivity contribution in [3.05, 3.63) is 41.9 Å². The van der Waals surface area contributed by atoms with Gasteiger partial charge in [-0.1, -0.05) is 0 Å². The Hall–Kier alpha value is -2.43. The lowest BCUT2D eigenvalue weighted by molar-refractivity contribution is 0.0996. The van der Waals surface area contributed by atoms with Crippen LogP contribution >= 0.6 is 0 Å². The zero-order valence-corrected chi connectivity index (χ0v) is 11.1. The third-order valence-electron chi connectivity index (χ3n) is 3.07. The van der Waals surface area contributed by atoms with Gasteiger partial charge in [-0.3, -0.25) is 4.79 Å². The Labute approximate surface area is 116 Å². The number of carbonyl (C=O) groups is 1. The molecule has 0 aliphatic carbocycles. The van der Waals surface area contributed by atoms with Crippen molar-refractivity contribution >= 4 is 11.6 Å². The Morgan fingerprint density at radius 1 is 1.15 bits per heavy atom. The highest BCUT2D eigenvalue weighted by Gasteiger charge is 2.15. The summed E-state index contributed by atoms with van der Waals surface area (Å²) in [5, 5.41) is 2.79. The summed E-state index contributed by atoms with van der Waals surface area (Å²) in [6.45, 7) is 3.08. The lowest BCUT2D eigenvalue weighted by Gasteiger charge is -2.10. The SMILES string of the molecule is Cc1ccoc1C(=O)Nc1ccc2c(c1)OCCCO2. The topological polar surface area (TPSA) is 60.7 Å². The van der Waals surface area contributed by atoms with Gasteiger partial charge in [0.05, 0.1) is 19.5 Å². The van der Waals surface area contributed by atoms with Gasteiger partial charge < -0.3 is 19.2 Å². The van der Waals surface area contributed by atoms with Crippen LogP contribution in [0.15, 0.2) is 34.9 Å². The van der Waals surface area contributed by atoms with Gasteiger partial charge in [0, 0.05) is 23.7 Å². The van der Waals surface area contributed by atoms with Crippen LogP contribution in [0, 0.1) is 6.92 Å². The summed E-state index contributed by atoms with van der Waals surface area (Å²) in [6, 6.07) is 7.09. The molecule has 0 saturated carbocycles. The highest BCUT2D eigenvalue weighted by molar-refractivity contribution is 6.03. The van der Waals surface area contributed by atoms with Crippen LogP contribution in [0.4, 0.5) is 5.69 Å². The molecule has 0 bridgehead atoms. The van der Waals surface area contributed by atoms with Gasteiger partial charge in [-0.15, -0.1) is 0 Å². The molecule has 0 fully saturated rings. The fourth-order valence-corrected chi connectivity index (χ4v) is 2.03. The van der Waals surface area contributed by atoms with E-state index in [4.69, 9.17) is 13.9 Å². The fourth-order valence-electron chi connectivity index (χ4n) is 2.03. The molecule has 1 N–H and O–H groups in total. The minimum atomic E-state index is -0.276. The number of fused-ring (bicyclic) bond motifs is 1. The predicted octanol–water partition coefficient (Wildman–Crippen LogP) is 3.00. The number of ether oxygens (including phenoxy) is 2. The van der Waals surface area contributed by atoms with Crippen LogP contribution in [-0.4, -0.2) is 19.1 Å². The Balaban J connectivity index is 1.80. The van der Waals surface area contributed by atoms with Gasteiger partial charge in [-0.25, -0.2) is 0 Å². The Morgan fingerprint density at radius 2 is 1.95 bits per heavy atom. The van der Waals surface area contributed by atoms with Crippen molar-refractivity contribution in [1.29, 1.82) is 0 Å². The standard InChI is InChI=1S/C15H15NO4/c1-10-5-8-20-14(10)15(17)16-11-3-4-12-13(9-11)19-7-2-6-18-12/h3-5,8-9H,2,6-7H2,1H3,(H,16,17). The highest BCUT2D eigenvalue weighted by atomic mass is 16.5. The number of hydrogen-bond donors (Lipinski definition) is 1. The molecule has 0 unspecified atom stereocenters. The first-order chi connectivity index (χ1) is 9.74.